The van der Waals surface area contributed by atoms with E-state index in [0.717, 1.165) is 44.2 Å². The summed E-state index contributed by atoms with van der Waals surface area (Å²) in [5.41, 5.74) is 0.554. The quantitative estimate of drug-likeness (QED) is 0.861. The van der Waals surface area contributed by atoms with E-state index in [1.807, 2.05) is 0 Å². The third kappa shape index (κ3) is 3.76. The molecular formula is C15H23N3O2. The third-order valence-corrected chi connectivity index (χ3v) is 3.89. The summed E-state index contributed by atoms with van der Waals surface area (Å²) in [4.78, 5) is 20.3. The molecule has 1 aliphatic rings. The van der Waals surface area contributed by atoms with Crippen LogP contribution in [0.15, 0.2) is 12.5 Å². The highest BCUT2D eigenvalue weighted by molar-refractivity contribution is 5.94. The van der Waals surface area contributed by atoms with Gasteiger partial charge in [0.25, 0.3) is 5.91 Å². The smallest absolute Gasteiger partial charge is 0.254 e. The van der Waals surface area contributed by atoms with Crippen molar-refractivity contribution >= 4 is 5.91 Å². The lowest BCUT2D eigenvalue weighted by Gasteiger charge is -2.32. The van der Waals surface area contributed by atoms with Crippen LogP contribution in [-0.2, 0) is 6.42 Å². The van der Waals surface area contributed by atoms with Crippen molar-refractivity contribution in [3.63, 3.8) is 0 Å². The van der Waals surface area contributed by atoms with Gasteiger partial charge in [-0.15, -0.1) is 0 Å². The summed E-state index contributed by atoms with van der Waals surface area (Å²) in [5, 5.41) is 13.2. The molecule has 20 heavy (non-hydrogen) atoms. The van der Waals surface area contributed by atoms with Crippen LogP contribution in [0.5, 0.6) is 0 Å². The fourth-order valence-electron chi connectivity index (χ4n) is 2.71. The molecule has 1 aromatic heterocycles. The van der Waals surface area contributed by atoms with Crippen molar-refractivity contribution in [3.8, 4) is 0 Å². The predicted octanol–water partition coefficient (Wildman–Crippen LogP) is 1.85. The van der Waals surface area contributed by atoms with E-state index >= 15 is 0 Å². The fourth-order valence-corrected chi connectivity index (χ4v) is 2.71. The Balaban J connectivity index is 1.98. The van der Waals surface area contributed by atoms with E-state index in [0.29, 0.717) is 12.1 Å². The molecule has 1 aliphatic carbocycles. The molecule has 5 heteroatoms. The normalized spacial score (nSPS) is 17.7. The Morgan fingerprint density at radius 2 is 2.15 bits per heavy atom. The topological polar surface area (TPSA) is 75.1 Å². The standard InChI is InChI=1S/C15H23N3O2/c1-2-6-13-12(9-16-11-18-13)14(19)17-10-15(20)7-4-3-5-8-15/h9,11,20H,2-8,10H2,1H3,(H,17,19). The van der Waals surface area contributed by atoms with Crippen molar-refractivity contribution in [2.75, 3.05) is 6.54 Å². The molecule has 0 bridgehead atoms. The Hall–Kier alpha value is -1.49. The van der Waals surface area contributed by atoms with Gasteiger partial charge in [-0.05, 0) is 19.3 Å². The van der Waals surface area contributed by atoms with Gasteiger partial charge in [0.1, 0.15) is 6.33 Å². The number of aliphatic hydroxyl groups is 1. The first kappa shape index (κ1) is 14.9. The monoisotopic (exact) mass is 277 g/mol. The van der Waals surface area contributed by atoms with Gasteiger partial charge in [-0.3, -0.25) is 4.79 Å². The molecule has 1 fully saturated rings. The van der Waals surface area contributed by atoms with Crippen molar-refractivity contribution in [1.29, 1.82) is 0 Å². The van der Waals surface area contributed by atoms with Crippen LogP contribution in [-0.4, -0.2) is 33.1 Å². The Kier molecular flexibility index (Phi) is 5.06. The Morgan fingerprint density at radius 1 is 1.40 bits per heavy atom. The lowest BCUT2D eigenvalue weighted by Crippen LogP contribution is -2.44. The highest BCUT2D eigenvalue weighted by Gasteiger charge is 2.29. The molecule has 2 rings (SSSR count). The van der Waals surface area contributed by atoms with Crippen LogP contribution in [0.4, 0.5) is 0 Å². The van der Waals surface area contributed by atoms with E-state index in [2.05, 4.69) is 22.2 Å². The highest BCUT2D eigenvalue weighted by Crippen LogP contribution is 2.27. The summed E-state index contributed by atoms with van der Waals surface area (Å²) in [6, 6.07) is 0. The number of carbonyl (C=O) groups is 1. The molecule has 0 atom stereocenters. The molecule has 0 saturated heterocycles. The summed E-state index contributed by atoms with van der Waals surface area (Å²) in [5.74, 6) is -0.187. The molecule has 1 amide bonds. The molecule has 1 aromatic rings. The van der Waals surface area contributed by atoms with Gasteiger partial charge >= 0.3 is 0 Å². The zero-order valence-corrected chi connectivity index (χ0v) is 12.1. The van der Waals surface area contributed by atoms with Gasteiger partial charge in [-0.25, -0.2) is 9.97 Å². The number of rotatable bonds is 5. The van der Waals surface area contributed by atoms with Crippen molar-refractivity contribution in [2.24, 2.45) is 0 Å². The minimum Gasteiger partial charge on any atom is -0.388 e. The second kappa shape index (κ2) is 6.79. The molecule has 0 aliphatic heterocycles. The van der Waals surface area contributed by atoms with E-state index in [-0.39, 0.29) is 5.91 Å². The first-order valence-electron chi connectivity index (χ1n) is 7.44. The average molecular weight is 277 g/mol. The second-order valence-electron chi connectivity index (χ2n) is 5.60. The first-order valence-corrected chi connectivity index (χ1v) is 7.44. The van der Waals surface area contributed by atoms with Gasteiger partial charge < -0.3 is 10.4 Å². The predicted molar refractivity (Wildman–Crippen MR) is 76.4 cm³/mol. The van der Waals surface area contributed by atoms with Crippen molar-refractivity contribution in [1.82, 2.24) is 15.3 Å². The first-order chi connectivity index (χ1) is 9.64. The number of nitrogens with one attached hydrogen (secondary N) is 1. The second-order valence-corrected chi connectivity index (χ2v) is 5.60. The molecule has 1 heterocycles. The van der Waals surface area contributed by atoms with Crippen molar-refractivity contribution in [3.05, 3.63) is 23.8 Å². The molecule has 1 saturated carbocycles. The van der Waals surface area contributed by atoms with Gasteiger partial charge in [0.15, 0.2) is 0 Å². The van der Waals surface area contributed by atoms with E-state index in [4.69, 9.17) is 0 Å². The molecular weight excluding hydrogens is 254 g/mol. The summed E-state index contributed by atoms with van der Waals surface area (Å²) >= 11 is 0. The summed E-state index contributed by atoms with van der Waals surface area (Å²) in [6.45, 7) is 2.36. The Labute approximate surface area is 119 Å². The number of carbonyl (C=O) groups excluding carboxylic acids is 1. The van der Waals surface area contributed by atoms with Crippen LogP contribution in [0, 0.1) is 0 Å². The van der Waals surface area contributed by atoms with Crippen LogP contribution in [0.1, 0.15) is 61.5 Å². The fraction of sp³-hybridized carbons (Fsp3) is 0.667. The minimum absolute atomic E-state index is 0.187. The van der Waals surface area contributed by atoms with Crippen LogP contribution in [0.2, 0.25) is 0 Å². The van der Waals surface area contributed by atoms with Crippen molar-refractivity contribution in [2.45, 2.75) is 57.5 Å². The summed E-state index contributed by atoms with van der Waals surface area (Å²) in [6.07, 6.45) is 9.47. The molecule has 110 valence electrons. The summed E-state index contributed by atoms with van der Waals surface area (Å²) in [7, 11) is 0. The maximum Gasteiger partial charge on any atom is 0.254 e. The van der Waals surface area contributed by atoms with Gasteiger partial charge in [-0.2, -0.15) is 0 Å². The van der Waals surface area contributed by atoms with Gasteiger partial charge in [-0.1, -0.05) is 32.6 Å². The average Bonchev–Trinajstić information content (AvgIpc) is 2.47. The number of aromatic nitrogens is 2. The molecule has 0 radical (unpaired) electrons. The van der Waals surface area contributed by atoms with E-state index in [9.17, 15) is 9.90 Å². The zero-order valence-electron chi connectivity index (χ0n) is 12.1. The molecule has 5 nitrogen and oxygen atoms in total. The number of aryl methyl sites for hydroxylation is 1. The van der Waals surface area contributed by atoms with Crippen LogP contribution in [0.3, 0.4) is 0 Å². The number of amides is 1. The SMILES string of the molecule is CCCc1ncncc1C(=O)NCC1(O)CCCCC1. The largest absolute Gasteiger partial charge is 0.388 e. The van der Waals surface area contributed by atoms with E-state index in [1.54, 1.807) is 6.20 Å². The molecule has 0 aromatic carbocycles. The van der Waals surface area contributed by atoms with Gasteiger partial charge in [0.2, 0.25) is 0 Å². The van der Waals surface area contributed by atoms with Gasteiger partial charge in [0.05, 0.1) is 16.9 Å². The van der Waals surface area contributed by atoms with E-state index < -0.39 is 5.60 Å². The highest BCUT2D eigenvalue weighted by atomic mass is 16.3. The van der Waals surface area contributed by atoms with Crippen molar-refractivity contribution < 1.29 is 9.90 Å². The van der Waals surface area contributed by atoms with Crippen LogP contribution >= 0.6 is 0 Å². The number of nitrogens with zero attached hydrogens (tertiary/aromatic N) is 2. The van der Waals surface area contributed by atoms with E-state index in [1.165, 1.54) is 12.7 Å². The zero-order chi connectivity index (χ0) is 14.4. The molecule has 0 unspecified atom stereocenters. The Morgan fingerprint density at radius 3 is 2.85 bits per heavy atom. The third-order valence-electron chi connectivity index (χ3n) is 3.89. The maximum atomic E-state index is 12.2. The van der Waals surface area contributed by atoms with Crippen LogP contribution < -0.4 is 5.32 Å². The lowest BCUT2D eigenvalue weighted by molar-refractivity contribution is 0.00523. The Bertz CT molecular complexity index is 456. The number of hydrogen-bond acceptors (Lipinski definition) is 4. The van der Waals surface area contributed by atoms with Crippen LogP contribution in [0.25, 0.3) is 0 Å². The number of hydrogen-bond donors (Lipinski definition) is 2. The summed E-state index contributed by atoms with van der Waals surface area (Å²) < 4.78 is 0. The minimum atomic E-state index is -0.742. The van der Waals surface area contributed by atoms with Gasteiger partial charge in [0, 0.05) is 12.7 Å². The molecule has 2 N–H and O–H groups in total. The lowest BCUT2D eigenvalue weighted by atomic mass is 9.85. The maximum absolute atomic E-state index is 12.2. The molecule has 0 spiro atoms.